The Labute approximate surface area is 156 Å². The van der Waals surface area contributed by atoms with Crippen LogP contribution in [0.4, 0.5) is 4.79 Å². The first kappa shape index (κ1) is 17.0. The Bertz CT molecular complexity index is 871. The van der Waals surface area contributed by atoms with Crippen molar-refractivity contribution >= 4 is 28.5 Å². The molecule has 3 aromatic rings. The lowest BCUT2D eigenvalue weighted by Crippen LogP contribution is -2.44. The van der Waals surface area contributed by atoms with Crippen molar-refractivity contribution in [2.45, 2.75) is 38.6 Å². The fourth-order valence-electron chi connectivity index (χ4n) is 3.30. The largest absolute Gasteiger partial charge is 0.440 e. The molecule has 2 aromatic heterocycles. The zero-order valence-corrected chi connectivity index (χ0v) is 15.6. The second-order valence-corrected chi connectivity index (χ2v) is 7.49. The Morgan fingerprint density at radius 2 is 2.27 bits per heavy atom. The van der Waals surface area contributed by atoms with E-state index in [0.29, 0.717) is 13.1 Å². The van der Waals surface area contributed by atoms with Crippen molar-refractivity contribution in [3.8, 4) is 0 Å². The van der Waals surface area contributed by atoms with Crippen LogP contribution in [0.1, 0.15) is 42.3 Å². The van der Waals surface area contributed by atoms with E-state index in [1.54, 1.807) is 11.3 Å². The molecular weight excluding hydrogens is 348 g/mol. The molecule has 0 saturated carbocycles. The van der Waals surface area contributed by atoms with E-state index < -0.39 is 0 Å². The molecule has 4 rings (SSSR count). The molecule has 1 aliphatic rings. The van der Waals surface area contributed by atoms with Gasteiger partial charge in [0.25, 0.3) is 0 Å². The highest BCUT2D eigenvalue weighted by atomic mass is 32.1. The number of rotatable bonds is 4. The Hall–Kier alpha value is -2.41. The number of nitrogens with zero attached hydrogens (tertiary/aromatic N) is 3. The number of piperidine rings is 1. The SMILES string of the molecule is CCc1nc(CNC(=O)N2CCCC(c3nc4ccccc4o3)C2)cs1. The van der Waals surface area contributed by atoms with Gasteiger partial charge in [-0.1, -0.05) is 19.1 Å². The van der Waals surface area contributed by atoms with E-state index >= 15 is 0 Å². The second kappa shape index (κ2) is 7.45. The van der Waals surface area contributed by atoms with Crippen molar-refractivity contribution in [3.63, 3.8) is 0 Å². The van der Waals surface area contributed by atoms with Crippen LogP contribution in [0.2, 0.25) is 0 Å². The van der Waals surface area contributed by atoms with Gasteiger partial charge in [0, 0.05) is 18.5 Å². The first-order valence-corrected chi connectivity index (χ1v) is 9.92. The molecule has 2 amide bonds. The van der Waals surface area contributed by atoms with E-state index in [1.807, 2.05) is 34.5 Å². The second-order valence-electron chi connectivity index (χ2n) is 6.55. The summed E-state index contributed by atoms with van der Waals surface area (Å²) in [6.45, 7) is 3.95. The van der Waals surface area contributed by atoms with Crippen LogP contribution in [-0.2, 0) is 13.0 Å². The number of likely N-dealkylation sites (tertiary alicyclic amines) is 1. The molecule has 1 N–H and O–H groups in total. The lowest BCUT2D eigenvalue weighted by molar-refractivity contribution is 0.174. The maximum Gasteiger partial charge on any atom is 0.317 e. The third-order valence-corrected chi connectivity index (χ3v) is 5.73. The van der Waals surface area contributed by atoms with E-state index in [9.17, 15) is 4.79 Å². The number of aromatic nitrogens is 2. The van der Waals surface area contributed by atoms with Crippen molar-refractivity contribution in [2.75, 3.05) is 13.1 Å². The summed E-state index contributed by atoms with van der Waals surface area (Å²) in [4.78, 5) is 23.5. The fraction of sp³-hybridized carbons (Fsp3) is 0.421. The summed E-state index contributed by atoms with van der Waals surface area (Å²) >= 11 is 1.64. The fourth-order valence-corrected chi connectivity index (χ4v) is 4.04. The quantitative estimate of drug-likeness (QED) is 0.755. The number of amides is 2. The first-order chi connectivity index (χ1) is 12.7. The first-order valence-electron chi connectivity index (χ1n) is 9.04. The Balaban J connectivity index is 1.38. The van der Waals surface area contributed by atoms with E-state index in [1.165, 1.54) is 0 Å². The highest BCUT2D eigenvalue weighted by Gasteiger charge is 2.28. The van der Waals surface area contributed by atoms with Crippen LogP contribution in [0.25, 0.3) is 11.1 Å². The predicted molar refractivity (Wildman–Crippen MR) is 101 cm³/mol. The topological polar surface area (TPSA) is 71.3 Å². The van der Waals surface area contributed by atoms with Crippen molar-refractivity contribution in [3.05, 3.63) is 46.2 Å². The van der Waals surface area contributed by atoms with Gasteiger partial charge in [-0.15, -0.1) is 11.3 Å². The van der Waals surface area contributed by atoms with Crippen LogP contribution < -0.4 is 5.32 Å². The number of nitrogens with one attached hydrogen (secondary N) is 1. The average molecular weight is 370 g/mol. The lowest BCUT2D eigenvalue weighted by atomic mass is 9.98. The number of oxazole rings is 1. The normalized spacial score (nSPS) is 17.6. The summed E-state index contributed by atoms with van der Waals surface area (Å²) in [5, 5.41) is 6.10. The number of hydrogen-bond acceptors (Lipinski definition) is 5. The molecule has 1 unspecified atom stereocenters. The Morgan fingerprint density at radius 3 is 3.08 bits per heavy atom. The third kappa shape index (κ3) is 3.58. The van der Waals surface area contributed by atoms with Gasteiger partial charge in [-0.2, -0.15) is 0 Å². The van der Waals surface area contributed by atoms with Crippen LogP contribution in [0.15, 0.2) is 34.1 Å². The summed E-state index contributed by atoms with van der Waals surface area (Å²) < 4.78 is 5.90. The highest BCUT2D eigenvalue weighted by molar-refractivity contribution is 7.09. The molecule has 0 bridgehead atoms. The average Bonchev–Trinajstić information content (AvgIpc) is 3.32. The van der Waals surface area contributed by atoms with Crippen LogP contribution in [-0.4, -0.2) is 34.0 Å². The van der Waals surface area contributed by atoms with E-state index in [2.05, 4.69) is 22.2 Å². The van der Waals surface area contributed by atoms with Crippen LogP contribution >= 0.6 is 11.3 Å². The van der Waals surface area contributed by atoms with Crippen molar-refractivity contribution in [2.24, 2.45) is 0 Å². The smallest absolute Gasteiger partial charge is 0.317 e. The molecule has 26 heavy (non-hydrogen) atoms. The minimum Gasteiger partial charge on any atom is -0.440 e. The van der Waals surface area contributed by atoms with Gasteiger partial charge in [0.2, 0.25) is 0 Å². The molecule has 0 radical (unpaired) electrons. The van der Waals surface area contributed by atoms with Gasteiger partial charge in [0.1, 0.15) is 5.52 Å². The van der Waals surface area contributed by atoms with Gasteiger partial charge in [-0.3, -0.25) is 0 Å². The van der Waals surface area contributed by atoms with Gasteiger partial charge >= 0.3 is 6.03 Å². The molecule has 136 valence electrons. The minimum absolute atomic E-state index is 0.0446. The summed E-state index contributed by atoms with van der Waals surface area (Å²) in [6.07, 6.45) is 2.87. The molecule has 0 spiro atoms. The standard InChI is InChI=1S/C19H22N4O2S/c1-2-17-21-14(12-26-17)10-20-19(24)23-9-5-6-13(11-23)18-22-15-7-3-4-8-16(15)25-18/h3-4,7-8,12-13H,2,5-6,9-11H2,1H3,(H,20,24). The maximum atomic E-state index is 12.5. The minimum atomic E-state index is -0.0446. The molecule has 1 fully saturated rings. The molecule has 1 atom stereocenters. The lowest BCUT2D eigenvalue weighted by Gasteiger charge is -2.31. The van der Waals surface area contributed by atoms with Crippen LogP contribution in [0.5, 0.6) is 0 Å². The Kier molecular flexibility index (Phi) is 4.88. The van der Waals surface area contributed by atoms with E-state index in [-0.39, 0.29) is 11.9 Å². The number of carbonyl (C=O) groups excluding carboxylic acids is 1. The molecule has 3 heterocycles. The number of carbonyl (C=O) groups is 1. The summed E-state index contributed by atoms with van der Waals surface area (Å²) in [6, 6.07) is 7.74. The van der Waals surface area contributed by atoms with Gasteiger partial charge in [0.15, 0.2) is 11.5 Å². The zero-order valence-electron chi connectivity index (χ0n) is 14.8. The van der Waals surface area contributed by atoms with E-state index in [0.717, 1.165) is 53.5 Å². The van der Waals surface area contributed by atoms with Gasteiger partial charge in [-0.05, 0) is 31.4 Å². The molecule has 0 aliphatic carbocycles. The van der Waals surface area contributed by atoms with E-state index in [4.69, 9.17) is 4.42 Å². The maximum absolute atomic E-state index is 12.5. The summed E-state index contributed by atoms with van der Waals surface area (Å²) in [5.74, 6) is 0.878. The van der Waals surface area contributed by atoms with Crippen molar-refractivity contribution < 1.29 is 9.21 Å². The number of thiazole rings is 1. The number of benzene rings is 1. The van der Waals surface area contributed by atoms with Crippen molar-refractivity contribution in [1.82, 2.24) is 20.2 Å². The number of fused-ring (bicyclic) bond motifs is 1. The number of aryl methyl sites for hydroxylation is 1. The monoisotopic (exact) mass is 370 g/mol. The van der Waals surface area contributed by atoms with Gasteiger partial charge in [-0.25, -0.2) is 14.8 Å². The Morgan fingerprint density at radius 1 is 1.38 bits per heavy atom. The molecule has 1 aromatic carbocycles. The summed E-state index contributed by atoms with van der Waals surface area (Å²) in [5.41, 5.74) is 2.60. The van der Waals surface area contributed by atoms with Crippen LogP contribution in [0, 0.1) is 0 Å². The zero-order chi connectivity index (χ0) is 17.9. The number of urea groups is 1. The number of para-hydroxylation sites is 2. The number of hydrogen-bond donors (Lipinski definition) is 1. The predicted octanol–water partition coefficient (Wildman–Crippen LogP) is 3.94. The van der Waals surface area contributed by atoms with Crippen molar-refractivity contribution in [1.29, 1.82) is 0 Å². The molecular formula is C19H22N4O2S. The molecule has 1 aliphatic heterocycles. The molecule has 1 saturated heterocycles. The molecule has 6 nitrogen and oxygen atoms in total. The molecule has 7 heteroatoms. The van der Waals surface area contributed by atoms with Crippen LogP contribution in [0.3, 0.4) is 0 Å². The highest BCUT2D eigenvalue weighted by Crippen LogP contribution is 2.29. The van der Waals surface area contributed by atoms with Gasteiger partial charge < -0.3 is 14.6 Å². The van der Waals surface area contributed by atoms with Gasteiger partial charge in [0.05, 0.1) is 23.2 Å². The summed E-state index contributed by atoms with van der Waals surface area (Å²) in [7, 11) is 0. The third-order valence-electron chi connectivity index (χ3n) is 4.69.